The normalized spacial score (nSPS) is 20.5. The van der Waals surface area contributed by atoms with E-state index in [0.29, 0.717) is 0 Å². The smallest absolute Gasteiger partial charge is 0.348 e. The lowest BCUT2D eigenvalue weighted by Gasteiger charge is -2.13. The van der Waals surface area contributed by atoms with Gasteiger partial charge >= 0.3 is 5.69 Å². The van der Waals surface area contributed by atoms with E-state index in [1.165, 1.54) is 6.33 Å². The fourth-order valence-corrected chi connectivity index (χ4v) is 2.07. The van der Waals surface area contributed by atoms with Crippen molar-refractivity contribution >= 4 is 23.1 Å². The second kappa shape index (κ2) is 4.80. The van der Waals surface area contributed by atoms with E-state index in [1.54, 1.807) is 0 Å². The number of likely N-dealkylation sites (N-methyl/N-ethyl adjacent to an activating group) is 1. The van der Waals surface area contributed by atoms with Crippen molar-refractivity contribution in [2.75, 3.05) is 25.5 Å². The predicted octanol–water partition coefficient (Wildman–Crippen LogP) is 1.15. The summed E-state index contributed by atoms with van der Waals surface area (Å²) < 4.78 is 0. The number of likely N-dealkylation sites (tertiary alicyclic amines) is 1. The Balaban J connectivity index is 2.20. The van der Waals surface area contributed by atoms with Crippen molar-refractivity contribution in [1.82, 2.24) is 14.9 Å². The first-order valence-electron chi connectivity index (χ1n) is 5.18. The summed E-state index contributed by atoms with van der Waals surface area (Å²) in [5, 5.41) is 13.8. The van der Waals surface area contributed by atoms with Gasteiger partial charge in [-0.2, -0.15) is 0 Å². The third-order valence-corrected chi connectivity index (χ3v) is 2.97. The van der Waals surface area contributed by atoms with Crippen LogP contribution in [0.25, 0.3) is 0 Å². The Morgan fingerprint density at radius 2 is 2.41 bits per heavy atom. The molecule has 0 spiro atoms. The summed E-state index contributed by atoms with van der Waals surface area (Å²) in [6.45, 7) is 1.79. The Labute approximate surface area is 103 Å². The highest BCUT2D eigenvalue weighted by Crippen LogP contribution is 2.29. The zero-order valence-corrected chi connectivity index (χ0v) is 10.0. The first kappa shape index (κ1) is 12.0. The van der Waals surface area contributed by atoms with Crippen LogP contribution in [0.2, 0.25) is 5.15 Å². The molecule has 2 rings (SSSR count). The molecule has 0 aliphatic carbocycles. The molecule has 1 aromatic heterocycles. The second-order valence-corrected chi connectivity index (χ2v) is 4.37. The van der Waals surface area contributed by atoms with Gasteiger partial charge in [-0.15, -0.1) is 0 Å². The molecule has 1 aliphatic rings. The summed E-state index contributed by atoms with van der Waals surface area (Å²) >= 11 is 5.70. The summed E-state index contributed by atoms with van der Waals surface area (Å²) in [6.07, 6.45) is 2.14. The van der Waals surface area contributed by atoms with Gasteiger partial charge in [0.25, 0.3) is 0 Å². The van der Waals surface area contributed by atoms with E-state index in [-0.39, 0.29) is 22.7 Å². The molecule has 92 valence electrons. The van der Waals surface area contributed by atoms with E-state index in [9.17, 15) is 10.1 Å². The molecule has 0 saturated carbocycles. The van der Waals surface area contributed by atoms with Gasteiger partial charge in [0.05, 0.1) is 4.92 Å². The maximum absolute atomic E-state index is 10.9. The lowest BCUT2D eigenvalue weighted by molar-refractivity contribution is -0.384. The quantitative estimate of drug-likeness (QED) is 0.497. The molecule has 0 radical (unpaired) electrons. The van der Waals surface area contributed by atoms with Gasteiger partial charge in [-0.1, -0.05) is 11.6 Å². The molecule has 1 N–H and O–H groups in total. The zero-order valence-electron chi connectivity index (χ0n) is 9.26. The van der Waals surface area contributed by atoms with Crippen LogP contribution in [0.3, 0.4) is 0 Å². The minimum absolute atomic E-state index is 0.140. The molecular formula is C9H12ClN5O2. The Bertz CT molecular complexity index is 441. The zero-order chi connectivity index (χ0) is 12.4. The van der Waals surface area contributed by atoms with Crippen LogP contribution in [0, 0.1) is 10.1 Å². The average molecular weight is 258 g/mol. The standard InChI is InChI=1S/C9H12ClN5O2/c1-14-3-2-6(4-14)13-9-7(15(16)17)8(10)11-5-12-9/h5-6H,2-4H2,1H3,(H,11,12,13). The number of halogens is 1. The topological polar surface area (TPSA) is 84.2 Å². The molecule has 1 aromatic rings. The fourth-order valence-electron chi connectivity index (χ4n) is 1.87. The van der Waals surface area contributed by atoms with Crippen LogP contribution < -0.4 is 5.32 Å². The molecule has 7 nitrogen and oxygen atoms in total. The van der Waals surface area contributed by atoms with Crippen molar-refractivity contribution in [3.63, 3.8) is 0 Å². The molecular weight excluding hydrogens is 246 g/mol. The number of hydrogen-bond acceptors (Lipinski definition) is 6. The number of anilines is 1. The van der Waals surface area contributed by atoms with Gasteiger partial charge in [-0.25, -0.2) is 9.97 Å². The third kappa shape index (κ3) is 2.62. The maximum Gasteiger partial charge on any atom is 0.348 e. The molecule has 0 bridgehead atoms. The molecule has 0 aromatic carbocycles. The molecule has 1 atom stereocenters. The van der Waals surface area contributed by atoms with Crippen molar-refractivity contribution in [2.24, 2.45) is 0 Å². The maximum atomic E-state index is 10.9. The lowest BCUT2D eigenvalue weighted by atomic mass is 10.2. The van der Waals surface area contributed by atoms with Crippen molar-refractivity contribution in [3.8, 4) is 0 Å². The summed E-state index contributed by atoms with van der Waals surface area (Å²) in [5.41, 5.74) is -0.260. The largest absolute Gasteiger partial charge is 0.360 e. The lowest BCUT2D eigenvalue weighted by Crippen LogP contribution is -2.24. The molecule has 2 heterocycles. The van der Waals surface area contributed by atoms with E-state index in [0.717, 1.165) is 19.5 Å². The first-order valence-corrected chi connectivity index (χ1v) is 5.55. The number of hydrogen-bond donors (Lipinski definition) is 1. The molecule has 1 saturated heterocycles. The number of nitrogens with one attached hydrogen (secondary N) is 1. The van der Waals surface area contributed by atoms with E-state index in [1.807, 2.05) is 7.05 Å². The number of rotatable bonds is 3. The highest BCUT2D eigenvalue weighted by atomic mass is 35.5. The van der Waals surface area contributed by atoms with Crippen LogP contribution in [0.15, 0.2) is 6.33 Å². The van der Waals surface area contributed by atoms with Crippen molar-refractivity contribution in [2.45, 2.75) is 12.5 Å². The van der Waals surface area contributed by atoms with Crippen LogP contribution >= 0.6 is 11.6 Å². The van der Waals surface area contributed by atoms with Gasteiger partial charge in [0, 0.05) is 12.6 Å². The average Bonchev–Trinajstić information content (AvgIpc) is 2.63. The molecule has 0 amide bonds. The van der Waals surface area contributed by atoms with Crippen molar-refractivity contribution in [1.29, 1.82) is 0 Å². The van der Waals surface area contributed by atoms with Crippen LogP contribution in [0.1, 0.15) is 6.42 Å². The van der Waals surface area contributed by atoms with E-state index in [4.69, 9.17) is 11.6 Å². The molecule has 1 unspecified atom stereocenters. The van der Waals surface area contributed by atoms with Gasteiger partial charge in [0.2, 0.25) is 11.0 Å². The Morgan fingerprint density at radius 1 is 1.65 bits per heavy atom. The minimum Gasteiger partial charge on any atom is -0.360 e. The molecule has 8 heteroatoms. The van der Waals surface area contributed by atoms with Crippen molar-refractivity contribution in [3.05, 3.63) is 21.6 Å². The third-order valence-electron chi connectivity index (χ3n) is 2.69. The van der Waals surface area contributed by atoms with Crippen LogP contribution in [-0.4, -0.2) is 46.0 Å². The van der Waals surface area contributed by atoms with Gasteiger partial charge in [-0.05, 0) is 20.0 Å². The van der Waals surface area contributed by atoms with Gasteiger partial charge in [0.15, 0.2) is 0 Å². The van der Waals surface area contributed by atoms with Gasteiger partial charge < -0.3 is 10.2 Å². The Morgan fingerprint density at radius 3 is 3.00 bits per heavy atom. The number of nitrogens with zero attached hydrogens (tertiary/aromatic N) is 4. The van der Waals surface area contributed by atoms with Crippen LogP contribution in [-0.2, 0) is 0 Å². The Kier molecular flexibility index (Phi) is 3.39. The van der Waals surface area contributed by atoms with E-state index >= 15 is 0 Å². The van der Waals surface area contributed by atoms with Crippen LogP contribution in [0.5, 0.6) is 0 Å². The monoisotopic (exact) mass is 257 g/mol. The minimum atomic E-state index is -0.566. The highest BCUT2D eigenvalue weighted by Gasteiger charge is 2.26. The first-order chi connectivity index (χ1) is 8.08. The summed E-state index contributed by atoms with van der Waals surface area (Å²) in [4.78, 5) is 19.9. The summed E-state index contributed by atoms with van der Waals surface area (Å²) in [7, 11) is 2.00. The molecule has 1 aliphatic heterocycles. The molecule has 1 fully saturated rings. The number of aromatic nitrogens is 2. The summed E-state index contributed by atoms with van der Waals surface area (Å²) in [5.74, 6) is 0.190. The van der Waals surface area contributed by atoms with E-state index in [2.05, 4.69) is 20.2 Å². The van der Waals surface area contributed by atoms with Gasteiger partial charge in [0.1, 0.15) is 6.33 Å². The van der Waals surface area contributed by atoms with Crippen LogP contribution in [0.4, 0.5) is 11.5 Å². The highest BCUT2D eigenvalue weighted by molar-refractivity contribution is 6.31. The molecule has 17 heavy (non-hydrogen) atoms. The fraction of sp³-hybridized carbons (Fsp3) is 0.556. The van der Waals surface area contributed by atoms with E-state index < -0.39 is 4.92 Å². The predicted molar refractivity (Wildman–Crippen MR) is 63.2 cm³/mol. The van der Waals surface area contributed by atoms with Crippen molar-refractivity contribution < 1.29 is 4.92 Å². The SMILES string of the molecule is CN1CCC(Nc2ncnc(Cl)c2[N+](=O)[O-])C1. The summed E-state index contributed by atoms with van der Waals surface area (Å²) in [6, 6.07) is 0.157. The number of nitro groups is 1. The van der Waals surface area contributed by atoms with Gasteiger partial charge in [-0.3, -0.25) is 10.1 Å². The Hall–Kier alpha value is -1.47. The second-order valence-electron chi connectivity index (χ2n) is 4.01.